The van der Waals surface area contributed by atoms with Crippen molar-refractivity contribution in [2.45, 2.75) is 12.8 Å². The van der Waals surface area contributed by atoms with Gasteiger partial charge in [0.2, 0.25) is 0 Å². The predicted octanol–water partition coefficient (Wildman–Crippen LogP) is 3.08. The zero-order valence-corrected chi connectivity index (χ0v) is 12.6. The van der Waals surface area contributed by atoms with Crippen molar-refractivity contribution in [2.24, 2.45) is 0 Å². The average molecular weight is 302 g/mol. The second kappa shape index (κ2) is 8.37. The Morgan fingerprint density at radius 2 is 1.48 bits per heavy atom. The van der Waals surface area contributed by atoms with Gasteiger partial charge in [0.15, 0.2) is 5.11 Å². The summed E-state index contributed by atoms with van der Waals surface area (Å²) in [6.45, 7) is 1.41. The van der Waals surface area contributed by atoms with E-state index in [1.165, 1.54) is 11.6 Å². The fourth-order valence-electron chi connectivity index (χ4n) is 2.04. The molecule has 0 aromatic heterocycles. The van der Waals surface area contributed by atoms with Crippen molar-refractivity contribution in [2.75, 3.05) is 13.1 Å². The standard InChI is InChI=1S/C17H19FN2S/c18-16-9-5-4-8-15(16)11-13-20-17(21)19-12-10-14-6-2-1-3-7-14/h1-9H,10-13H2,(H2,19,20,21). The zero-order valence-electron chi connectivity index (χ0n) is 11.8. The minimum absolute atomic E-state index is 0.165. The summed E-state index contributed by atoms with van der Waals surface area (Å²) in [5, 5.41) is 6.87. The molecule has 0 spiro atoms. The van der Waals surface area contributed by atoms with E-state index in [-0.39, 0.29) is 5.82 Å². The Morgan fingerprint density at radius 3 is 2.19 bits per heavy atom. The van der Waals surface area contributed by atoms with Crippen LogP contribution in [0.2, 0.25) is 0 Å². The molecule has 2 aromatic rings. The highest BCUT2D eigenvalue weighted by atomic mass is 32.1. The molecule has 0 heterocycles. The van der Waals surface area contributed by atoms with Crippen LogP contribution >= 0.6 is 12.2 Å². The van der Waals surface area contributed by atoms with Crippen LogP contribution in [0.5, 0.6) is 0 Å². The van der Waals surface area contributed by atoms with E-state index < -0.39 is 0 Å². The molecule has 110 valence electrons. The van der Waals surface area contributed by atoms with Crippen LogP contribution in [0.1, 0.15) is 11.1 Å². The average Bonchev–Trinajstić information content (AvgIpc) is 2.50. The molecule has 0 atom stereocenters. The summed E-state index contributed by atoms with van der Waals surface area (Å²) in [6, 6.07) is 17.1. The molecule has 0 saturated heterocycles. The molecule has 0 unspecified atom stereocenters. The first kappa shape index (κ1) is 15.4. The third-order valence-electron chi connectivity index (χ3n) is 3.18. The van der Waals surface area contributed by atoms with Crippen LogP contribution in [0.4, 0.5) is 4.39 Å². The second-order valence-corrected chi connectivity index (χ2v) is 5.17. The summed E-state index contributed by atoms with van der Waals surface area (Å²) in [5.74, 6) is -0.165. The third-order valence-corrected chi connectivity index (χ3v) is 3.47. The highest BCUT2D eigenvalue weighted by molar-refractivity contribution is 7.80. The van der Waals surface area contributed by atoms with Gasteiger partial charge in [-0.15, -0.1) is 0 Å². The smallest absolute Gasteiger partial charge is 0.166 e. The van der Waals surface area contributed by atoms with Gasteiger partial charge < -0.3 is 10.6 Å². The van der Waals surface area contributed by atoms with E-state index in [1.54, 1.807) is 12.1 Å². The van der Waals surface area contributed by atoms with E-state index in [0.29, 0.717) is 23.6 Å². The molecule has 0 radical (unpaired) electrons. The third kappa shape index (κ3) is 5.52. The molecule has 2 N–H and O–H groups in total. The van der Waals surface area contributed by atoms with Crippen molar-refractivity contribution in [1.82, 2.24) is 10.6 Å². The van der Waals surface area contributed by atoms with Crippen LogP contribution in [0.3, 0.4) is 0 Å². The first-order chi connectivity index (χ1) is 10.3. The lowest BCUT2D eigenvalue weighted by atomic mass is 10.1. The first-order valence-electron chi connectivity index (χ1n) is 7.05. The largest absolute Gasteiger partial charge is 0.362 e. The number of hydrogen-bond acceptors (Lipinski definition) is 1. The molecular formula is C17H19FN2S. The fraction of sp³-hybridized carbons (Fsp3) is 0.235. The second-order valence-electron chi connectivity index (χ2n) is 4.76. The minimum atomic E-state index is -0.165. The van der Waals surface area contributed by atoms with Gasteiger partial charge in [0.05, 0.1) is 0 Å². The van der Waals surface area contributed by atoms with E-state index in [9.17, 15) is 4.39 Å². The summed E-state index contributed by atoms with van der Waals surface area (Å²) >= 11 is 5.20. The van der Waals surface area contributed by atoms with Crippen LogP contribution < -0.4 is 10.6 Å². The van der Waals surface area contributed by atoms with Crippen molar-refractivity contribution < 1.29 is 4.39 Å². The molecule has 0 aliphatic rings. The molecule has 2 rings (SSSR count). The molecule has 0 bridgehead atoms. The maximum Gasteiger partial charge on any atom is 0.166 e. The lowest BCUT2D eigenvalue weighted by molar-refractivity contribution is 0.607. The van der Waals surface area contributed by atoms with Gasteiger partial charge in [-0.2, -0.15) is 0 Å². The van der Waals surface area contributed by atoms with Crippen molar-refractivity contribution in [3.8, 4) is 0 Å². The van der Waals surface area contributed by atoms with Gasteiger partial charge in [-0.05, 0) is 42.3 Å². The maximum absolute atomic E-state index is 13.4. The quantitative estimate of drug-likeness (QED) is 0.802. The van der Waals surface area contributed by atoms with Crippen LogP contribution in [-0.2, 0) is 12.8 Å². The molecule has 0 saturated carbocycles. The van der Waals surface area contributed by atoms with Crippen molar-refractivity contribution in [3.05, 3.63) is 71.5 Å². The molecule has 4 heteroatoms. The van der Waals surface area contributed by atoms with Crippen LogP contribution in [-0.4, -0.2) is 18.2 Å². The number of rotatable bonds is 6. The topological polar surface area (TPSA) is 24.1 Å². The summed E-state index contributed by atoms with van der Waals surface area (Å²) in [7, 11) is 0. The first-order valence-corrected chi connectivity index (χ1v) is 7.45. The Balaban J connectivity index is 1.63. The van der Waals surface area contributed by atoms with Gasteiger partial charge in [0.1, 0.15) is 5.82 Å². The molecule has 2 nitrogen and oxygen atoms in total. The van der Waals surface area contributed by atoms with Crippen LogP contribution in [0.15, 0.2) is 54.6 Å². The number of hydrogen-bond donors (Lipinski definition) is 2. The van der Waals surface area contributed by atoms with Gasteiger partial charge in [0.25, 0.3) is 0 Å². The van der Waals surface area contributed by atoms with E-state index in [4.69, 9.17) is 12.2 Å². The predicted molar refractivity (Wildman–Crippen MR) is 88.9 cm³/mol. The van der Waals surface area contributed by atoms with E-state index in [0.717, 1.165) is 13.0 Å². The van der Waals surface area contributed by atoms with Crippen molar-refractivity contribution in [3.63, 3.8) is 0 Å². The fourth-order valence-corrected chi connectivity index (χ4v) is 2.24. The molecule has 0 amide bonds. The lowest BCUT2D eigenvalue weighted by Gasteiger charge is -2.10. The van der Waals surface area contributed by atoms with Gasteiger partial charge in [-0.3, -0.25) is 0 Å². The molecule has 2 aromatic carbocycles. The molecule has 0 fully saturated rings. The molecule has 21 heavy (non-hydrogen) atoms. The lowest BCUT2D eigenvalue weighted by Crippen LogP contribution is -2.37. The van der Waals surface area contributed by atoms with Gasteiger partial charge >= 0.3 is 0 Å². The summed E-state index contributed by atoms with van der Waals surface area (Å²) in [4.78, 5) is 0. The Bertz CT molecular complexity index is 572. The Labute approximate surface area is 130 Å². The van der Waals surface area contributed by atoms with Gasteiger partial charge in [0, 0.05) is 13.1 Å². The van der Waals surface area contributed by atoms with Crippen LogP contribution in [0.25, 0.3) is 0 Å². The molecule has 0 aliphatic heterocycles. The summed E-state index contributed by atoms with van der Waals surface area (Å²) < 4.78 is 13.4. The van der Waals surface area contributed by atoms with E-state index in [1.807, 2.05) is 24.3 Å². The number of halogens is 1. The zero-order chi connectivity index (χ0) is 14.9. The van der Waals surface area contributed by atoms with E-state index >= 15 is 0 Å². The normalized spacial score (nSPS) is 10.1. The van der Waals surface area contributed by atoms with Crippen molar-refractivity contribution in [1.29, 1.82) is 0 Å². The van der Waals surface area contributed by atoms with Crippen molar-refractivity contribution >= 4 is 17.3 Å². The number of benzene rings is 2. The van der Waals surface area contributed by atoms with Gasteiger partial charge in [-0.1, -0.05) is 48.5 Å². The molecular weight excluding hydrogens is 283 g/mol. The summed E-state index contributed by atoms with van der Waals surface area (Å²) in [6.07, 6.45) is 1.54. The van der Waals surface area contributed by atoms with Crippen LogP contribution in [0, 0.1) is 5.82 Å². The summed E-state index contributed by atoms with van der Waals surface area (Å²) in [5.41, 5.74) is 1.98. The highest BCUT2D eigenvalue weighted by Crippen LogP contribution is 2.06. The Morgan fingerprint density at radius 1 is 0.857 bits per heavy atom. The monoisotopic (exact) mass is 302 g/mol. The van der Waals surface area contributed by atoms with Gasteiger partial charge in [-0.25, -0.2) is 4.39 Å². The number of thiocarbonyl (C=S) groups is 1. The Kier molecular flexibility index (Phi) is 6.16. The van der Waals surface area contributed by atoms with E-state index in [2.05, 4.69) is 22.8 Å². The molecule has 0 aliphatic carbocycles. The maximum atomic E-state index is 13.4. The number of nitrogens with one attached hydrogen (secondary N) is 2. The Hall–Kier alpha value is -1.94. The highest BCUT2D eigenvalue weighted by Gasteiger charge is 2.01. The minimum Gasteiger partial charge on any atom is -0.362 e. The SMILES string of the molecule is Fc1ccccc1CCNC(=S)NCCc1ccccc1.